The molecule has 0 aliphatic carbocycles. The number of aryl methyl sites for hydroxylation is 2. The van der Waals surface area contributed by atoms with Crippen LogP contribution in [0.15, 0.2) is 118 Å². The van der Waals surface area contributed by atoms with Gasteiger partial charge in [0.2, 0.25) is 0 Å². The van der Waals surface area contributed by atoms with Crippen LogP contribution in [0.2, 0.25) is 0 Å². The molecule has 0 atom stereocenters. The Balaban J connectivity index is 1.03. The van der Waals surface area contributed by atoms with E-state index < -0.39 is 0 Å². The van der Waals surface area contributed by atoms with Crippen molar-refractivity contribution in [3.8, 4) is 55.3 Å². The van der Waals surface area contributed by atoms with Crippen molar-refractivity contribution in [1.82, 2.24) is 9.97 Å². The summed E-state index contributed by atoms with van der Waals surface area (Å²) >= 11 is 3.58. The molecule has 10 rings (SSSR count). The molecular weight excluding hydrogens is 885 g/mol. The third-order valence-electron chi connectivity index (χ3n) is 13.1. The second-order valence-electron chi connectivity index (χ2n) is 23.7. The van der Waals surface area contributed by atoms with Crippen LogP contribution in [-0.2, 0) is 23.7 Å². The maximum atomic E-state index is 7.01. The zero-order valence-corrected chi connectivity index (χ0v) is 44.4. The number of fused-ring (bicyclic) bond motifs is 4. The van der Waals surface area contributed by atoms with Crippen LogP contribution >= 0.6 is 22.7 Å². The second-order valence-corrected chi connectivity index (χ2v) is 25.8. The van der Waals surface area contributed by atoms with E-state index in [4.69, 9.17) is 23.5 Å². The molecule has 0 amide bonds. The number of hydrogen-bond donors (Lipinski definition) is 0. The molecule has 0 aliphatic rings. The molecule has 0 fully saturated rings. The van der Waals surface area contributed by atoms with E-state index in [1.807, 2.05) is 24.5 Å². The fourth-order valence-electron chi connectivity index (χ4n) is 9.61. The minimum atomic E-state index is -0.174. The number of hydrogen-bond acceptors (Lipinski definition) is 7. The molecule has 4 aromatic carbocycles. The maximum Gasteiger partial charge on any atom is 0.161 e. The van der Waals surface area contributed by atoms with Crippen LogP contribution < -0.4 is 4.74 Å². The first kappa shape index (κ1) is 46.7. The number of benzene rings is 4. The van der Waals surface area contributed by atoms with Crippen LogP contribution in [0.1, 0.15) is 116 Å². The lowest BCUT2D eigenvalue weighted by Crippen LogP contribution is -2.12. The lowest BCUT2D eigenvalue weighted by molar-refractivity contribution is 0.411. The summed E-state index contributed by atoms with van der Waals surface area (Å²) in [5.74, 6) is 3.18. The minimum Gasteiger partial charge on any atom is -0.457 e. The average molecular weight is 949 g/mol. The standard InChI is InChI=1S/C62H64N2O3S2/c1-35-47-23-37(33-59(3,4)5)15-17-51(47)68-57(35)49-29-39-19-21-63-53(55(39)66-49)41-25-43(61(9,10)11)31-45(27-41)65-46-28-42(26-44(32-46)62(12,13)14)54-56-40(20-22-64-54)30-50(67-56)58-36(2)48-24-38(34-60(6,7)8)16-18-52(48)69-58/h15-32H,33-34H2,1-14H3. The van der Waals surface area contributed by atoms with Crippen molar-refractivity contribution in [2.75, 3.05) is 0 Å². The van der Waals surface area contributed by atoms with Gasteiger partial charge in [0.15, 0.2) is 11.2 Å². The van der Waals surface area contributed by atoms with Crippen LogP contribution in [-0.4, -0.2) is 9.97 Å². The highest BCUT2D eigenvalue weighted by molar-refractivity contribution is 7.22. The molecule has 6 aromatic heterocycles. The lowest BCUT2D eigenvalue weighted by atomic mass is 9.85. The fraction of sp³-hybridized carbons (Fsp3) is 0.323. The van der Waals surface area contributed by atoms with Crippen LogP contribution in [0.4, 0.5) is 0 Å². The summed E-state index contributed by atoms with van der Waals surface area (Å²) in [6.45, 7) is 31.6. The Bertz CT molecular complexity index is 3370. The summed E-state index contributed by atoms with van der Waals surface area (Å²) in [6.07, 6.45) is 5.83. The summed E-state index contributed by atoms with van der Waals surface area (Å²) in [4.78, 5) is 12.3. The highest BCUT2D eigenvalue weighted by Crippen LogP contribution is 2.46. The van der Waals surface area contributed by atoms with Gasteiger partial charge in [-0.2, -0.15) is 0 Å². The molecule has 0 unspecified atom stereocenters. The number of rotatable bonds is 8. The summed E-state index contributed by atoms with van der Waals surface area (Å²) < 4.78 is 23.3. The van der Waals surface area contributed by atoms with Gasteiger partial charge in [-0.1, -0.05) is 107 Å². The molecule has 0 saturated carbocycles. The number of aromatic nitrogens is 2. The van der Waals surface area contributed by atoms with Gasteiger partial charge in [0.25, 0.3) is 0 Å². The molecule has 7 heteroatoms. The number of furan rings is 2. The average Bonchev–Trinajstić information content (AvgIpc) is 4.04. The first-order chi connectivity index (χ1) is 32.4. The van der Waals surface area contributed by atoms with E-state index in [1.165, 1.54) is 42.4 Å². The van der Waals surface area contributed by atoms with Crippen molar-refractivity contribution in [1.29, 1.82) is 0 Å². The third kappa shape index (κ3) is 9.40. The number of nitrogens with zero attached hydrogens (tertiary/aromatic N) is 2. The Morgan fingerprint density at radius 1 is 0.478 bits per heavy atom. The van der Waals surface area contributed by atoms with Crippen molar-refractivity contribution < 1.29 is 13.6 Å². The number of thiophene rings is 2. The van der Waals surface area contributed by atoms with E-state index >= 15 is 0 Å². The summed E-state index contributed by atoms with van der Waals surface area (Å²) in [7, 11) is 0. The first-order valence-electron chi connectivity index (χ1n) is 24.3. The van der Waals surface area contributed by atoms with Crippen LogP contribution in [0.5, 0.6) is 11.5 Å². The second kappa shape index (κ2) is 16.8. The fourth-order valence-corrected chi connectivity index (χ4v) is 11.9. The van der Waals surface area contributed by atoms with Gasteiger partial charge in [-0.05, 0) is 165 Å². The predicted octanol–water partition coefficient (Wildman–Crippen LogP) is 19.2. The molecule has 0 radical (unpaired) electrons. The van der Waals surface area contributed by atoms with Crippen molar-refractivity contribution in [3.05, 3.63) is 143 Å². The monoisotopic (exact) mass is 948 g/mol. The molecule has 69 heavy (non-hydrogen) atoms. The van der Waals surface area contributed by atoms with Gasteiger partial charge < -0.3 is 13.6 Å². The molecule has 6 heterocycles. The van der Waals surface area contributed by atoms with Gasteiger partial charge in [-0.25, -0.2) is 0 Å². The molecule has 5 nitrogen and oxygen atoms in total. The first-order valence-corrected chi connectivity index (χ1v) is 25.9. The lowest BCUT2D eigenvalue weighted by Gasteiger charge is -2.23. The largest absolute Gasteiger partial charge is 0.457 e. The Kier molecular flexibility index (Phi) is 11.4. The van der Waals surface area contributed by atoms with Gasteiger partial charge in [-0.15, -0.1) is 22.7 Å². The predicted molar refractivity (Wildman–Crippen MR) is 294 cm³/mol. The van der Waals surface area contributed by atoms with Crippen LogP contribution in [0.3, 0.4) is 0 Å². The smallest absolute Gasteiger partial charge is 0.161 e. The quantitative estimate of drug-likeness (QED) is 0.152. The Morgan fingerprint density at radius 3 is 1.26 bits per heavy atom. The molecule has 10 aromatic rings. The van der Waals surface area contributed by atoms with Gasteiger partial charge >= 0.3 is 0 Å². The van der Waals surface area contributed by atoms with Crippen molar-refractivity contribution >= 4 is 64.8 Å². The van der Waals surface area contributed by atoms with Crippen LogP contribution in [0, 0.1) is 24.7 Å². The topological polar surface area (TPSA) is 61.3 Å². The van der Waals surface area contributed by atoms with Crippen molar-refractivity contribution in [2.45, 2.75) is 121 Å². The summed E-state index contributed by atoms with van der Waals surface area (Å²) in [5, 5.41) is 4.62. The van der Waals surface area contributed by atoms with E-state index in [0.29, 0.717) is 0 Å². The molecule has 0 spiro atoms. The zero-order valence-electron chi connectivity index (χ0n) is 42.7. The minimum absolute atomic E-state index is 0.174. The highest BCUT2D eigenvalue weighted by atomic mass is 32.1. The Morgan fingerprint density at radius 2 is 0.884 bits per heavy atom. The Labute approximate surface area is 415 Å². The molecule has 0 saturated heterocycles. The van der Waals surface area contributed by atoms with E-state index in [-0.39, 0.29) is 21.7 Å². The highest BCUT2D eigenvalue weighted by Gasteiger charge is 2.25. The van der Waals surface area contributed by atoms with Gasteiger partial charge in [0, 0.05) is 43.7 Å². The zero-order chi connectivity index (χ0) is 48.9. The maximum absolute atomic E-state index is 7.01. The summed E-state index contributed by atoms with van der Waals surface area (Å²) in [5.41, 5.74) is 12.5. The van der Waals surface area contributed by atoms with E-state index in [2.05, 4.69) is 182 Å². The van der Waals surface area contributed by atoms with Gasteiger partial charge in [-0.3, -0.25) is 9.97 Å². The van der Waals surface area contributed by atoms with E-state index in [9.17, 15) is 0 Å². The Hall–Kier alpha value is -6.02. The van der Waals surface area contributed by atoms with Crippen molar-refractivity contribution in [3.63, 3.8) is 0 Å². The number of pyridine rings is 2. The van der Waals surface area contributed by atoms with E-state index in [1.54, 1.807) is 22.7 Å². The third-order valence-corrected chi connectivity index (χ3v) is 15.7. The SMILES string of the molecule is Cc1c(-c2cc3ccnc(-c4cc(Oc5cc(-c6nccc7cc(-c8sc9ccc(CC(C)(C)C)cc9c8C)oc67)cc(C(C)(C)C)c5)cc(C(C)(C)C)c4)c3o2)sc2ccc(CC(C)(C)C)cc12. The van der Waals surface area contributed by atoms with Crippen LogP contribution in [0.25, 0.3) is 85.9 Å². The normalized spacial score (nSPS) is 12.9. The van der Waals surface area contributed by atoms with E-state index in [0.717, 1.165) is 101 Å². The van der Waals surface area contributed by atoms with Gasteiger partial charge in [0.1, 0.15) is 34.4 Å². The molecule has 0 aliphatic heterocycles. The van der Waals surface area contributed by atoms with Crippen molar-refractivity contribution in [2.24, 2.45) is 10.8 Å². The number of ether oxygens (including phenoxy) is 1. The van der Waals surface area contributed by atoms with Gasteiger partial charge in [0.05, 0.1) is 9.75 Å². The molecule has 0 bridgehead atoms. The molecule has 0 N–H and O–H groups in total. The summed E-state index contributed by atoms with van der Waals surface area (Å²) in [6, 6.07) is 35.2. The molecular formula is C62H64N2O3S2. The molecule has 352 valence electrons.